The summed E-state index contributed by atoms with van der Waals surface area (Å²) in [5.74, 6) is 1.86. The van der Waals surface area contributed by atoms with Gasteiger partial charge in [-0.15, -0.1) is 0 Å². The summed E-state index contributed by atoms with van der Waals surface area (Å²) in [6.45, 7) is 5.60. The van der Waals surface area contributed by atoms with Crippen molar-refractivity contribution in [1.82, 2.24) is 5.32 Å². The number of fused-ring (bicyclic) bond motifs is 2. The minimum atomic E-state index is 0.340. The van der Waals surface area contributed by atoms with Crippen LogP contribution in [0.1, 0.15) is 44.1 Å². The van der Waals surface area contributed by atoms with Gasteiger partial charge in [-0.3, -0.25) is 0 Å². The van der Waals surface area contributed by atoms with Gasteiger partial charge >= 0.3 is 0 Å². The molecule has 1 saturated carbocycles. The molecule has 0 bridgehead atoms. The van der Waals surface area contributed by atoms with Crippen LogP contribution in [-0.2, 0) is 5.41 Å². The first-order valence-corrected chi connectivity index (χ1v) is 6.45. The highest BCUT2D eigenvalue weighted by Crippen LogP contribution is 2.54. The Labute approximate surface area is 98.6 Å². The Morgan fingerprint density at radius 1 is 1.53 bits per heavy atom. The molecule has 0 amide bonds. The maximum absolute atomic E-state index is 5.84. The van der Waals surface area contributed by atoms with Crippen LogP contribution < -0.4 is 5.32 Å². The molecule has 1 spiro atoms. The summed E-state index contributed by atoms with van der Waals surface area (Å²) in [6, 6.07) is 2.60. The smallest absolute Gasteiger partial charge is 0.169 e. The van der Waals surface area contributed by atoms with Gasteiger partial charge < -0.3 is 9.73 Å². The van der Waals surface area contributed by atoms with Crippen LogP contribution in [0.15, 0.2) is 15.2 Å². The maximum atomic E-state index is 5.84. The largest absolute Gasteiger partial charge is 0.453 e. The average molecular weight is 270 g/mol. The molecule has 1 atom stereocenters. The molecule has 82 valence electrons. The highest BCUT2D eigenvalue weighted by molar-refractivity contribution is 9.10. The van der Waals surface area contributed by atoms with Gasteiger partial charge in [-0.25, -0.2) is 0 Å². The molecular formula is C12H16BrNO. The molecule has 1 unspecified atom stereocenters. The first-order valence-electron chi connectivity index (χ1n) is 5.65. The lowest BCUT2D eigenvalue weighted by Gasteiger charge is -2.31. The summed E-state index contributed by atoms with van der Waals surface area (Å²) in [6.07, 6.45) is 2.55. The van der Waals surface area contributed by atoms with E-state index in [4.69, 9.17) is 4.42 Å². The van der Waals surface area contributed by atoms with E-state index in [1.54, 1.807) is 0 Å². The molecule has 3 rings (SSSR count). The van der Waals surface area contributed by atoms with Crippen molar-refractivity contribution in [1.29, 1.82) is 0 Å². The minimum Gasteiger partial charge on any atom is -0.453 e. The average Bonchev–Trinajstić information content (AvgIpc) is 2.81. The van der Waals surface area contributed by atoms with Crippen molar-refractivity contribution >= 4 is 15.9 Å². The molecule has 2 heterocycles. The fourth-order valence-electron chi connectivity index (χ4n) is 2.66. The molecule has 0 radical (unpaired) electrons. The summed E-state index contributed by atoms with van der Waals surface area (Å²) < 4.78 is 6.72. The first kappa shape index (κ1) is 9.91. The second-order valence-corrected chi connectivity index (χ2v) is 6.00. The molecule has 0 aromatic carbocycles. The Morgan fingerprint density at radius 3 is 2.87 bits per heavy atom. The minimum absolute atomic E-state index is 0.340. The topological polar surface area (TPSA) is 25.2 Å². The van der Waals surface area contributed by atoms with Crippen molar-refractivity contribution in [2.24, 2.45) is 5.92 Å². The molecule has 15 heavy (non-hydrogen) atoms. The van der Waals surface area contributed by atoms with Gasteiger partial charge in [0, 0.05) is 23.6 Å². The third-order valence-electron chi connectivity index (χ3n) is 3.73. The highest BCUT2D eigenvalue weighted by Gasteiger charge is 2.52. The van der Waals surface area contributed by atoms with Gasteiger partial charge in [-0.2, -0.15) is 0 Å². The Morgan fingerprint density at radius 2 is 2.27 bits per heavy atom. The standard InChI is InChI=1S/C12H16BrNO/c1-7(2)10-8-5-9(13)15-11(8)12(3-4-12)6-14-10/h5,7,10,14H,3-4,6H2,1-2H3. The fraction of sp³-hybridized carbons (Fsp3) is 0.667. The Hall–Kier alpha value is -0.280. The van der Waals surface area contributed by atoms with Crippen LogP contribution in [0, 0.1) is 5.92 Å². The zero-order chi connectivity index (χ0) is 10.6. The van der Waals surface area contributed by atoms with Crippen LogP contribution in [0.4, 0.5) is 0 Å². The van der Waals surface area contributed by atoms with E-state index < -0.39 is 0 Å². The second kappa shape index (κ2) is 3.11. The van der Waals surface area contributed by atoms with Crippen molar-refractivity contribution < 1.29 is 4.42 Å². The van der Waals surface area contributed by atoms with E-state index in [2.05, 4.69) is 41.2 Å². The van der Waals surface area contributed by atoms with Crippen LogP contribution in [0.2, 0.25) is 0 Å². The molecular weight excluding hydrogens is 254 g/mol. The summed E-state index contributed by atoms with van der Waals surface area (Å²) >= 11 is 3.45. The molecule has 0 saturated heterocycles. The van der Waals surface area contributed by atoms with Gasteiger partial charge in [-0.1, -0.05) is 13.8 Å². The van der Waals surface area contributed by atoms with Crippen molar-refractivity contribution in [2.75, 3.05) is 6.54 Å². The monoisotopic (exact) mass is 269 g/mol. The van der Waals surface area contributed by atoms with Gasteiger partial charge in [0.25, 0.3) is 0 Å². The van der Waals surface area contributed by atoms with E-state index in [0.717, 1.165) is 11.2 Å². The molecule has 3 heteroatoms. The molecule has 1 aromatic heterocycles. The van der Waals surface area contributed by atoms with Crippen LogP contribution in [0.5, 0.6) is 0 Å². The third kappa shape index (κ3) is 1.40. The lowest BCUT2D eigenvalue weighted by atomic mass is 9.86. The van der Waals surface area contributed by atoms with Gasteiger partial charge in [0.05, 0.1) is 0 Å². The van der Waals surface area contributed by atoms with Crippen LogP contribution >= 0.6 is 15.9 Å². The van der Waals surface area contributed by atoms with Crippen molar-refractivity contribution in [3.05, 3.63) is 22.1 Å². The van der Waals surface area contributed by atoms with E-state index in [9.17, 15) is 0 Å². The van der Waals surface area contributed by atoms with E-state index in [1.165, 1.54) is 24.2 Å². The number of nitrogens with one attached hydrogen (secondary N) is 1. The predicted molar refractivity (Wildman–Crippen MR) is 62.9 cm³/mol. The van der Waals surface area contributed by atoms with E-state index >= 15 is 0 Å². The van der Waals surface area contributed by atoms with Crippen LogP contribution in [0.25, 0.3) is 0 Å². The number of furan rings is 1. The number of halogens is 1. The van der Waals surface area contributed by atoms with E-state index in [0.29, 0.717) is 17.4 Å². The lowest BCUT2D eigenvalue weighted by Crippen LogP contribution is -2.38. The predicted octanol–water partition coefficient (Wildman–Crippen LogP) is 3.37. The van der Waals surface area contributed by atoms with Gasteiger partial charge in [-0.05, 0) is 40.8 Å². The summed E-state index contributed by atoms with van der Waals surface area (Å²) in [5, 5.41) is 3.66. The summed E-state index contributed by atoms with van der Waals surface area (Å²) in [7, 11) is 0. The van der Waals surface area contributed by atoms with Gasteiger partial charge in [0.1, 0.15) is 5.76 Å². The molecule has 1 aliphatic carbocycles. The zero-order valence-corrected chi connectivity index (χ0v) is 10.7. The molecule has 1 fully saturated rings. The SMILES string of the molecule is CC(C)C1NCC2(CC2)c2oc(Br)cc21. The maximum Gasteiger partial charge on any atom is 0.169 e. The summed E-state index contributed by atoms with van der Waals surface area (Å²) in [4.78, 5) is 0. The Balaban J connectivity index is 2.07. The molecule has 1 aliphatic heterocycles. The fourth-order valence-corrected chi connectivity index (χ4v) is 3.07. The lowest BCUT2D eigenvalue weighted by molar-refractivity contribution is 0.321. The highest BCUT2D eigenvalue weighted by atomic mass is 79.9. The Bertz CT molecular complexity index is 392. The first-order chi connectivity index (χ1) is 7.12. The third-order valence-corrected chi connectivity index (χ3v) is 4.12. The van der Waals surface area contributed by atoms with Crippen molar-refractivity contribution in [2.45, 2.75) is 38.1 Å². The quantitative estimate of drug-likeness (QED) is 0.846. The number of hydrogen-bond acceptors (Lipinski definition) is 2. The van der Waals surface area contributed by atoms with Crippen LogP contribution in [-0.4, -0.2) is 6.54 Å². The van der Waals surface area contributed by atoms with Crippen molar-refractivity contribution in [3.8, 4) is 0 Å². The van der Waals surface area contributed by atoms with Gasteiger partial charge in [0.15, 0.2) is 4.67 Å². The molecule has 1 aromatic rings. The number of rotatable bonds is 1. The number of hydrogen-bond donors (Lipinski definition) is 1. The Kier molecular flexibility index (Phi) is 2.05. The summed E-state index contributed by atoms with van der Waals surface area (Å²) in [5.41, 5.74) is 1.72. The zero-order valence-electron chi connectivity index (χ0n) is 9.14. The van der Waals surface area contributed by atoms with Crippen LogP contribution in [0.3, 0.4) is 0 Å². The van der Waals surface area contributed by atoms with Gasteiger partial charge in [0.2, 0.25) is 0 Å². The van der Waals surface area contributed by atoms with E-state index in [1.807, 2.05) is 0 Å². The molecule has 1 N–H and O–H groups in total. The van der Waals surface area contributed by atoms with E-state index in [-0.39, 0.29) is 0 Å². The second-order valence-electron chi connectivity index (χ2n) is 5.22. The normalized spacial score (nSPS) is 27.1. The van der Waals surface area contributed by atoms with Crippen molar-refractivity contribution in [3.63, 3.8) is 0 Å². The molecule has 2 nitrogen and oxygen atoms in total. The molecule has 2 aliphatic rings.